The second kappa shape index (κ2) is 6.74. The molecular weight excluding hydrogens is 230 g/mol. The van der Waals surface area contributed by atoms with Crippen molar-refractivity contribution in [1.29, 1.82) is 0 Å². The number of amides is 1. The van der Waals surface area contributed by atoms with Crippen molar-refractivity contribution < 1.29 is 9.53 Å². The summed E-state index contributed by atoms with van der Waals surface area (Å²) in [5.74, 6) is 0.636. The number of carbonyl (C=O) groups excluding carboxylic acids is 1. The summed E-state index contributed by atoms with van der Waals surface area (Å²) >= 11 is 0. The fourth-order valence-electron chi connectivity index (χ4n) is 1.71. The third kappa shape index (κ3) is 3.55. The maximum atomic E-state index is 11.6. The average Bonchev–Trinajstić information content (AvgIpc) is 2.37. The molecule has 1 aromatic rings. The fraction of sp³-hybridized carbons (Fsp3) is 0.462. The zero-order chi connectivity index (χ0) is 13.5. The van der Waals surface area contributed by atoms with E-state index in [0.29, 0.717) is 24.5 Å². The highest BCUT2D eigenvalue weighted by Crippen LogP contribution is 2.27. The molecule has 0 saturated heterocycles. The molecule has 5 heteroatoms. The van der Waals surface area contributed by atoms with Crippen LogP contribution in [0.25, 0.3) is 0 Å². The molecule has 1 amide bonds. The highest BCUT2D eigenvalue weighted by molar-refractivity contribution is 5.81. The Bertz CT molecular complexity index is 407. The van der Waals surface area contributed by atoms with E-state index in [1.165, 1.54) is 0 Å². The molecule has 5 nitrogen and oxygen atoms in total. The lowest BCUT2D eigenvalue weighted by molar-refractivity contribution is -0.119. The molecule has 100 valence electrons. The van der Waals surface area contributed by atoms with Crippen molar-refractivity contribution in [2.45, 2.75) is 13.8 Å². The number of anilines is 2. The Balaban J connectivity index is 2.84. The lowest BCUT2D eigenvalue weighted by atomic mass is 10.2. The molecule has 0 spiro atoms. The summed E-state index contributed by atoms with van der Waals surface area (Å²) in [6, 6.07) is 5.52. The van der Waals surface area contributed by atoms with Gasteiger partial charge in [0.1, 0.15) is 5.75 Å². The molecule has 0 aromatic heterocycles. The van der Waals surface area contributed by atoms with Crippen molar-refractivity contribution >= 4 is 17.3 Å². The standard InChI is InChI=1S/C13H21N3O2/c1-4-15-13(17)9-16(5-2)10-6-7-11(14)12(8-10)18-3/h6-8H,4-5,9,14H2,1-3H3,(H,15,17). The normalized spacial score (nSPS) is 9.94. The van der Waals surface area contributed by atoms with Crippen molar-refractivity contribution in [3.05, 3.63) is 18.2 Å². The van der Waals surface area contributed by atoms with Gasteiger partial charge in [-0.25, -0.2) is 0 Å². The smallest absolute Gasteiger partial charge is 0.239 e. The number of hydrogen-bond donors (Lipinski definition) is 2. The van der Waals surface area contributed by atoms with Gasteiger partial charge in [0, 0.05) is 24.8 Å². The van der Waals surface area contributed by atoms with E-state index in [0.717, 1.165) is 12.2 Å². The molecule has 0 radical (unpaired) electrons. The zero-order valence-electron chi connectivity index (χ0n) is 11.2. The van der Waals surface area contributed by atoms with Gasteiger partial charge in [0.25, 0.3) is 0 Å². The minimum atomic E-state index is 0.00939. The number of nitrogens with two attached hydrogens (primary N) is 1. The van der Waals surface area contributed by atoms with Gasteiger partial charge in [-0.1, -0.05) is 0 Å². The van der Waals surface area contributed by atoms with Crippen LogP contribution in [0, 0.1) is 0 Å². The first kappa shape index (κ1) is 14.2. The van der Waals surface area contributed by atoms with Crippen LogP contribution < -0.4 is 20.7 Å². The van der Waals surface area contributed by atoms with Crippen LogP contribution in [0.15, 0.2) is 18.2 Å². The van der Waals surface area contributed by atoms with Gasteiger partial charge in [-0.15, -0.1) is 0 Å². The molecule has 0 unspecified atom stereocenters. The fourth-order valence-corrected chi connectivity index (χ4v) is 1.71. The van der Waals surface area contributed by atoms with Crippen molar-refractivity contribution in [2.75, 3.05) is 37.4 Å². The first-order valence-corrected chi connectivity index (χ1v) is 6.07. The Morgan fingerprint density at radius 3 is 2.72 bits per heavy atom. The molecule has 0 bridgehead atoms. The van der Waals surface area contributed by atoms with Crippen molar-refractivity contribution in [3.63, 3.8) is 0 Å². The van der Waals surface area contributed by atoms with Gasteiger partial charge in [0.05, 0.1) is 19.3 Å². The van der Waals surface area contributed by atoms with E-state index < -0.39 is 0 Å². The summed E-state index contributed by atoms with van der Waals surface area (Å²) in [4.78, 5) is 13.6. The van der Waals surface area contributed by atoms with Crippen LogP contribution in [-0.4, -0.2) is 32.7 Å². The van der Waals surface area contributed by atoms with Gasteiger partial charge in [0.15, 0.2) is 0 Å². The summed E-state index contributed by atoms with van der Waals surface area (Å²) in [5.41, 5.74) is 7.29. The first-order chi connectivity index (χ1) is 8.62. The number of carbonyl (C=O) groups is 1. The Labute approximate surface area is 108 Å². The highest BCUT2D eigenvalue weighted by Gasteiger charge is 2.11. The van der Waals surface area contributed by atoms with Crippen LogP contribution >= 0.6 is 0 Å². The van der Waals surface area contributed by atoms with Crippen LogP contribution in [-0.2, 0) is 4.79 Å². The topological polar surface area (TPSA) is 67.6 Å². The Morgan fingerprint density at radius 1 is 1.44 bits per heavy atom. The van der Waals surface area contributed by atoms with Gasteiger partial charge < -0.3 is 20.7 Å². The van der Waals surface area contributed by atoms with E-state index in [2.05, 4.69) is 5.32 Å². The third-order valence-electron chi connectivity index (χ3n) is 2.67. The molecule has 18 heavy (non-hydrogen) atoms. The molecule has 3 N–H and O–H groups in total. The number of nitrogens with zero attached hydrogens (tertiary/aromatic N) is 1. The predicted octanol–water partition coefficient (Wildman–Crippen LogP) is 1.24. The van der Waals surface area contributed by atoms with E-state index in [4.69, 9.17) is 10.5 Å². The molecule has 1 aromatic carbocycles. The van der Waals surface area contributed by atoms with E-state index in [1.807, 2.05) is 30.9 Å². The Kier molecular flexibility index (Phi) is 5.30. The number of nitrogens with one attached hydrogen (secondary N) is 1. The summed E-state index contributed by atoms with van der Waals surface area (Å²) in [6.45, 7) is 5.62. The summed E-state index contributed by atoms with van der Waals surface area (Å²) < 4.78 is 5.18. The van der Waals surface area contributed by atoms with Crippen molar-refractivity contribution in [1.82, 2.24) is 5.32 Å². The van der Waals surface area contributed by atoms with Gasteiger partial charge in [-0.2, -0.15) is 0 Å². The van der Waals surface area contributed by atoms with Crippen molar-refractivity contribution in [2.24, 2.45) is 0 Å². The quantitative estimate of drug-likeness (QED) is 0.746. The van der Waals surface area contributed by atoms with E-state index in [1.54, 1.807) is 13.2 Å². The Hall–Kier alpha value is -1.91. The largest absolute Gasteiger partial charge is 0.495 e. The van der Waals surface area contributed by atoms with Crippen LogP contribution in [0.1, 0.15) is 13.8 Å². The maximum Gasteiger partial charge on any atom is 0.239 e. The number of ether oxygens (including phenoxy) is 1. The third-order valence-corrected chi connectivity index (χ3v) is 2.67. The number of hydrogen-bond acceptors (Lipinski definition) is 4. The van der Waals surface area contributed by atoms with Gasteiger partial charge in [-0.05, 0) is 26.0 Å². The minimum Gasteiger partial charge on any atom is -0.495 e. The van der Waals surface area contributed by atoms with Crippen LogP contribution in [0.2, 0.25) is 0 Å². The SMILES string of the molecule is CCNC(=O)CN(CC)c1ccc(N)c(OC)c1. The molecular formula is C13H21N3O2. The number of methoxy groups -OCH3 is 1. The predicted molar refractivity (Wildman–Crippen MR) is 74.0 cm³/mol. The number of rotatable bonds is 6. The minimum absolute atomic E-state index is 0.00939. The lowest BCUT2D eigenvalue weighted by Crippen LogP contribution is -2.37. The van der Waals surface area contributed by atoms with E-state index in [9.17, 15) is 4.79 Å². The summed E-state index contributed by atoms with van der Waals surface area (Å²) in [6.07, 6.45) is 0. The monoisotopic (exact) mass is 251 g/mol. The van der Waals surface area contributed by atoms with E-state index in [-0.39, 0.29) is 5.91 Å². The highest BCUT2D eigenvalue weighted by atomic mass is 16.5. The van der Waals surface area contributed by atoms with Crippen molar-refractivity contribution in [3.8, 4) is 5.75 Å². The maximum absolute atomic E-state index is 11.6. The van der Waals surface area contributed by atoms with Gasteiger partial charge >= 0.3 is 0 Å². The number of nitrogen functional groups attached to an aromatic ring is 1. The molecule has 0 saturated carbocycles. The van der Waals surface area contributed by atoms with Gasteiger partial charge in [0.2, 0.25) is 5.91 Å². The van der Waals surface area contributed by atoms with Crippen LogP contribution in [0.3, 0.4) is 0 Å². The average molecular weight is 251 g/mol. The first-order valence-electron chi connectivity index (χ1n) is 6.07. The Morgan fingerprint density at radius 2 is 2.17 bits per heavy atom. The number of likely N-dealkylation sites (N-methyl/N-ethyl adjacent to an activating group) is 2. The van der Waals surface area contributed by atoms with Gasteiger partial charge in [-0.3, -0.25) is 4.79 Å². The molecule has 0 aliphatic rings. The molecule has 0 heterocycles. The molecule has 0 aliphatic carbocycles. The second-order valence-corrected chi connectivity index (χ2v) is 3.89. The van der Waals surface area contributed by atoms with Crippen LogP contribution in [0.5, 0.6) is 5.75 Å². The van der Waals surface area contributed by atoms with E-state index >= 15 is 0 Å². The molecule has 0 atom stereocenters. The zero-order valence-corrected chi connectivity index (χ0v) is 11.2. The molecule has 1 rings (SSSR count). The lowest BCUT2D eigenvalue weighted by Gasteiger charge is -2.23. The molecule has 0 fully saturated rings. The second-order valence-electron chi connectivity index (χ2n) is 3.89. The van der Waals surface area contributed by atoms with Crippen LogP contribution in [0.4, 0.5) is 11.4 Å². The summed E-state index contributed by atoms with van der Waals surface area (Å²) in [7, 11) is 1.58. The molecule has 0 aliphatic heterocycles. The number of benzene rings is 1. The summed E-state index contributed by atoms with van der Waals surface area (Å²) in [5, 5.41) is 2.78.